The maximum Gasteiger partial charge on any atom is 0.257 e. The Morgan fingerprint density at radius 1 is 1.28 bits per heavy atom. The minimum absolute atomic E-state index is 0.0367. The van der Waals surface area contributed by atoms with Gasteiger partial charge in [0.05, 0.1) is 5.75 Å². The second kappa shape index (κ2) is 5.99. The van der Waals surface area contributed by atoms with Crippen LogP contribution in [0, 0.1) is 0 Å². The third-order valence-corrected chi connectivity index (χ3v) is 3.68. The topological polar surface area (TPSA) is 78.8 Å². The lowest BCUT2D eigenvalue weighted by Crippen LogP contribution is -2.39. The molecule has 2 aliphatic rings. The molecule has 98 valence electrons. The highest BCUT2D eigenvalue weighted by molar-refractivity contribution is 8.14. The van der Waals surface area contributed by atoms with Gasteiger partial charge in [0.25, 0.3) is 5.91 Å². The van der Waals surface area contributed by atoms with E-state index < -0.39 is 5.91 Å². The molecular weight excluding hydrogens is 254 g/mol. The molecule has 2 heterocycles. The van der Waals surface area contributed by atoms with Crippen molar-refractivity contribution in [1.29, 1.82) is 0 Å². The number of hydrogen-bond donors (Lipinski definition) is 1. The SMILES string of the molecule is O=C1CC(=O)NC(SCC(=O)N2CCCCC2)=N1. The molecule has 1 N–H and O–H groups in total. The van der Waals surface area contributed by atoms with Crippen LogP contribution in [0.2, 0.25) is 0 Å². The molecule has 1 saturated heterocycles. The number of thioether (sulfide) groups is 1. The lowest BCUT2D eigenvalue weighted by molar-refractivity contribution is -0.129. The average Bonchev–Trinajstić information content (AvgIpc) is 2.36. The Labute approximate surface area is 109 Å². The van der Waals surface area contributed by atoms with Crippen molar-refractivity contribution in [3.63, 3.8) is 0 Å². The van der Waals surface area contributed by atoms with E-state index in [1.165, 1.54) is 6.42 Å². The summed E-state index contributed by atoms with van der Waals surface area (Å²) in [4.78, 5) is 39.5. The van der Waals surface area contributed by atoms with E-state index in [2.05, 4.69) is 10.3 Å². The van der Waals surface area contributed by atoms with Crippen molar-refractivity contribution in [1.82, 2.24) is 10.2 Å². The van der Waals surface area contributed by atoms with Gasteiger partial charge in [-0.1, -0.05) is 11.8 Å². The van der Waals surface area contributed by atoms with Crippen molar-refractivity contribution >= 4 is 34.7 Å². The fourth-order valence-electron chi connectivity index (χ4n) is 1.91. The van der Waals surface area contributed by atoms with Crippen LogP contribution in [0.1, 0.15) is 25.7 Å². The highest BCUT2D eigenvalue weighted by Crippen LogP contribution is 2.13. The van der Waals surface area contributed by atoms with Gasteiger partial charge in [0.1, 0.15) is 6.42 Å². The summed E-state index contributed by atoms with van der Waals surface area (Å²) < 4.78 is 0. The summed E-state index contributed by atoms with van der Waals surface area (Å²) in [7, 11) is 0. The number of rotatable bonds is 2. The van der Waals surface area contributed by atoms with Gasteiger partial charge >= 0.3 is 0 Å². The number of aliphatic imine (C=N–C) groups is 1. The van der Waals surface area contributed by atoms with E-state index in [1.807, 2.05) is 4.90 Å². The summed E-state index contributed by atoms with van der Waals surface area (Å²) in [6.45, 7) is 1.61. The van der Waals surface area contributed by atoms with Crippen LogP contribution in [0.5, 0.6) is 0 Å². The largest absolute Gasteiger partial charge is 0.342 e. The summed E-state index contributed by atoms with van der Waals surface area (Å²) >= 11 is 1.11. The lowest BCUT2D eigenvalue weighted by Gasteiger charge is -2.26. The normalized spacial score (nSPS) is 20.4. The molecular formula is C11H15N3O3S. The third kappa shape index (κ3) is 3.56. The van der Waals surface area contributed by atoms with E-state index in [4.69, 9.17) is 0 Å². The van der Waals surface area contributed by atoms with E-state index >= 15 is 0 Å². The quantitative estimate of drug-likeness (QED) is 0.723. The van der Waals surface area contributed by atoms with Crippen LogP contribution in [-0.4, -0.2) is 46.6 Å². The Bertz CT molecular complexity index is 402. The monoisotopic (exact) mass is 269 g/mol. The Morgan fingerprint density at radius 2 is 2.00 bits per heavy atom. The van der Waals surface area contributed by atoms with E-state index in [9.17, 15) is 14.4 Å². The molecule has 0 aromatic rings. The third-order valence-electron chi connectivity index (χ3n) is 2.83. The molecule has 0 radical (unpaired) electrons. The second-order valence-electron chi connectivity index (χ2n) is 4.27. The van der Waals surface area contributed by atoms with Crippen LogP contribution < -0.4 is 5.32 Å². The van der Waals surface area contributed by atoms with Gasteiger partial charge in [0.15, 0.2) is 5.17 Å². The lowest BCUT2D eigenvalue weighted by atomic mass is 10.1. The Hall–Kier alpha value is -1.37. The van der Waals surface area contributed by atoms with Crippen molar-refractivity contribution in [3.05, 3.63) is 0 Å². The van der Waals surface area contributed by atoms with E-state index in [1.54, 1.807) is 0 Å². The summed E-state index contributed by atoms with van der Waals surface area (Å²) in [6, 6.07) is 0. The Kier molecular flexibility index (Phi) is 4.35. The molecule has 0 saturated carbocycles. The van der Waals surface area contributed by atoms with Gasteiger partial charge in [-0.05, 0) is 19.3 Å². The molecule has 0 unspecified atom stereocenters. The Morgan fingerprint density at radius 3 is 2.67 bits per heavy atom. The standard InChI is InChI=1S/C11H15N3O3S/c15-8-6-9(16)13-11(12-8)18-7-10(17)14-4-2-1-3-5-14/h1-7H2,(H,12,13,15,16). The Balaban J connectivity index is 1.82. The summed E-state index contributed by atoms with van der Waals surface area (Å²) in [5, 5.41) is 2.73. The maximum absolute atomic E-state index is 11.9. The fraction of sp³-hybridized carbons (Fsp3) is 0.636. The molecule has 1 fully saturated rings. The first-order chi connectivity index (χ1) is 8.65. The predicted octanol–water partition coefficient (Wildman–Crippen LogP) is 0.135. The number of likely N-dealkylation sites (tertiary alicyclic amines) is 1. The van der Waals surface area contributed by atoms with Crippen molar-refractivity contribution in [2.24, 2.45) is 4.99 Å². The van der Waals surface area contributed by atoms with Crippen LogP contribution in [0.3, 0.4) is 0 Å². The van der Waals surface area contributed by atoms with Gasteiger partial charge in [-0.2, -0.15) is 4.99 Å². The van der Waals surface area contributed by atoms with E-state index in [0.29, 0.717) is 0 Å². The zero-order chi connectivity index (χ0) is 13.0. The minimum atomic E-state index is -0.452. The minimum Gasteiger partial charge on any atom is -0.342 e. The molecule has 18 heavy (non-hydrogen) atoms. The first-order valence-corrected chi connectivity index (χ1v) is 6.95. The van der Waals surface area contributed by atoms with Crippen molar-refractivity contribution in [2.45, 2.75) is 25.7 Å². The summed E-state index contributed by atoms with van der Waals surface area (Å²) in [5.41, 5.74) is 0. The zero-order valence-corrected chi connectivity index (χ0v) is 10.8. The fourth-order valence-corrected chi connectivity index (χ4v) is 2.71. The van der Waals surface area contributed by atoms with Crippen molar-refractivity contribution in [3.8, 4) is 0 Å². The van der Waals surface area contributed by atoms with Crippen molar-refractivity contribution < 1.29 is 14.4 Å². The van der Waals surface area contributed by atoms with E-state index in [-0.39, 0.29) is 29.2 Å². The molecule has 6 nitrogen and oxygen atoms in total. The summed E-state index contributed by atoms with van der Waals surface area (Å²) in [5.74, 6) is -0.559. The first kappa shape index (κ1) is 13.1. The van der Waals surface area contributed by atoms with Crippen LogP contribution >= 0.6 is 11.8 Å². The molecule has 0 aromatic heterocycles. The maximum atomic E-state index is 11.9. The number of hydrogen-bond acceptors (Lipinski definition) is 4. The number of nitrogens with one attached hydrogen (secondary N) is 1. The smallest absolute Gasteiger partial charge is 0.257 e. The predicted molar refractivity (Wildman–Crippen MR) is 68.1 cm³/mol. The molecule has 2 aliphatic heterocycles. The van der Waals surface area contributed by atoms with E-state index in [0.717, 1.165) is 37.7 Å². The molecule has 0 bridgehead atoms. The molecule has 0 aromatic carbocycles. The van der Waals surface area contributed by atoms with Gasteiger partial charge < -0.3 is 10.2 Å². The van der Waals surface area contributed by atoms with Crippen LogP contribution in [0.25, 0.3) is 0 Å². The first-order valence-electron chi connectivity index (χ1n) is 5.97. The highest BCUT2D eigenvalue weighted by atomic mass is 32.2. The number of amides is 3. The van der Waals surface area contributed by atoms with Gasteiger partial charge in [0, 0.05) is 13.1 Å². The van der Waals surface area contributed by atoms with Gasteiger partial charge in [-0.3, -0.25) is 14.4 Å². The number of carbonyl (C=O) groups is 3. The molecule has 2 rings (SSSR count). The van der Waals surface area contributed by atoms with Crippen LogP contribution in [0.4, 0.5) is 0 Å². The van der Waals surface area contributed by atoms with Crippen LogP contribution in [0.15, 0.2) is 4.99 Å². The number of carbonyl (C=O) groups excluding carboxylic acids is 3. The zero-order valence-electron chi connectivity index (χ0n) is 9.98. The highest BCUT2D eigenvalue weighted by Gasteiger charge is 2.21. The van der Waals surface area contributed by atoms with Gasteiger partial charge in [0.2, 0.25) is 11.8 Å². The molecule has 3 amide bonds. The molecule has 7 heteroatoms. The second-order valence-corrected chi connectivity index (χ2v) is 5.23. The molecule has 0 aliphatic carbocycles. The van der Waals surface area contributed by atoms with Crippen molar-refractivity contribution in [2.75, 3.05) is 18.8 Å². The number of nitrogens with zero attached hydrogens (tertiary/aromatic N) is 2. The number of amidine groups is 1. The van der Waals surface area contributed by atoms with Gasteiger partial charge in [-0.15, -0.1) is 0 Å². The molecule has 0 atom stereocenters. The number of piperidine rings is 1. The summed E-state index contributed by atoms with van der Waals surface area (Å²) in [6.07, 6.45) is 3.07. The molecule has 0 spiro atoms. The van der Waals surface area contributed by atoms with Gasteiger partial charge in [-0.25, -0.2) is 0 Å². The van der Waals surface area contributed by atoms with Crippen LogP contribution in [-0.2, 0) is 14.4 Å². The average molecular weight is 269 g/mol.